The van der Waals surface area contributed by atoms with Crippen molar-refractivity contribution in [2.24, 2.45) is 5.92 Å². The van der Waals surface area contributed by atoms with Crippen LogP contribution >= 0.6 is 25.6 Å². The smallest absolute Gasteiger partial charge is 0.429 e. The third kappa shape index (κ3) is 4.81. The van der Waals surface area contributed by atoms with Crippen LogP contribution < -0.4 is 0 Å². The van der Waals surface area contributed by atoms with Crippen molar-refractivity contribution in [2.45, 2.75) is 13.8 Å². The number of carbonyl (C=O) groups is 1. The second-order valence-corrected chi connectivity index (χ2v) is 3.38. The van der Waals surface area contributed by atoms with Crippen molar-refractivity contribution in [3.63, 3.8) is 0 Å². The summed E-state index contributed by atoms with van der Waals surface area (Å²) in [7, 11) is 0. The molecule has 0 rings (SSSR count). The fraction of sp³-hybridized carbons (Fsp3) is 0.800. The first-order valence-corrected chi connectivity index (χ1v) is 3.68. The van der Waals surface area contributed by atoms with Gasteiger partial charge in [0.25, 0.3) is 0 Å². The van der Waals surface area contributed by atoms with Crippen molar-refractivity contribution in [3.8, 4) is 0 Å². The van der Waals surface area contributed by atoms with E-state index in [1.807, 2.05) is 13.8 Å². The standard InChI is InChI=1S/C5H11NO2S2/c1-4(2)3-8-5(7)6(9)10/h4,9-10H,3H2,1-2H3. The summed E-state index contributed by atoms with van der Waals surface area (Å²) in [4.78, 5) is 10.6. The lowest BCUT2D eigenvalue weighted by molar-refractivity contribution is 0.129. The molecule has 0 heterocycles. The second-order valence-electron chi connectivity index (χ2n) is 2.26. The Bertz CT molecular complexity index is 116. The second kappa shape index (κ2) is 4.73. The predicted molar refractivity (Wildman–Crippen MR) is 46.0 cm³/mol. The molecule has 0 radical (unpaired) electrons. The van der Waals surface area contributed by atoms with Crippen LogP contribution in [0.25, 0.3) is 0 Å². The summed E-state index contributed by atoms with van der Waals surface area (Å²) in [6.45, 7) is 4.31. The molecule has 0 N–H and O–H groups in total. The van der Waals surface area contributed by atoms with Gasteiger partial charge in [0.1, 0.15) is 0 Å². The summed E-state index contributed by atoms with van der Waals surface area (Å²) in [6, 6.07) is 0. The van der Waals surface area contributed by atoms with Gasteiger partial charge in [-0.1, -0.05) is 13.8 Å². The highest BCUT2D eigenvalue weighted by Gasteiger charge is 2.06. The van der Waals surface area contributed by atoms with Gasteiger partial charge >= 0.3 is 6.09 Å². The molecule has 0 aromatic rings. The number of nitrogens with zero attached hydrogens (tertiary/aromatic N) is 1. The van der Waals surface area contributed by atoms with Crippen LogP contribution in [0.3, 0.4) is 0 Å². The van der Waals surface area contributed by atoms with Gasteiger partial charge in [-0.05, 0) is 31.5 Å². The number of thiol groups is 2. The molecule has 0 aliphatic heterocycles. The average molecular weight is 181 g/mol. The van der Waals surface area contributed by atoms with E-state index in [0.717, 1.165) is 3.71 Å². The summed E-state index contributed by atoms with van der Waals surface area (Å²) in [5, 5.41) is 0. The number of carbonyl (C=O) groups excluding carboxylic acids is 1. The highest BCUT2D eigenvalue weighted by molar-refractivity contribution is 7.94. The van der Waals surface area contributed by atoms with Gasteiger partial charge in [0, 0.05) is 0 Å². The Morgan fingerprint density at radius 1 is 1.60 bits per heavy atom. The van der Waals surface area contributed by atoms with Gasteiger partial charge in [0.15, 0.2) is 0 Å². The molecule has 0 aromatic heterocycles. The molecule has 0 aliphatic carbocycles. The molecular weight excluding hydrogens is 170 g/mol. The third-order valence-corrected chi connectivity index (χ3v) is 1.03. The molecule has 0 atom stereocenters. The molecule has 0 aliphatic rings. The Balaban J connectivity index is 3.40. The van der Waals surface area contributed by atoms with Crippen molar-refractivity contribution < 1.29 is 9.53 Å². The molecule has 1 amide bonds. The Kier molecular flexibility index (Phi) is 4.72. The minimum absolute atomic E-state index is 0.338. The van der Waals surface area contributed by atoms with Crippen molar-refractivity contribution >= 4 is 31.7 Å². The Morgan fingerprint density at radius 2 is 2.10 bits per heavy atom. The largest absolute Gasteiger partial charge is 0.448 e. The monoisotopic (exact) mass is 181 g/mol. The molecule has 0 saturated carbocycles. The van der Waals surface area contributed by atoms with Crippen LogP contribution in [-0.2, 0) is 4.74 Å². The zero-order chi connectivity index (χ0) is 8.15. The van der Waals surface area contributed by atoms with Crippen LogP contribution in [0, 0.1) is 5.92 Å². The maximum absolute atomic E-state index is 10.6. The van der Waals surface area contributed by atoms with Crippen molar-refractivity contribution in [2.75, 3.05) is 6.61 Å². The quantitative estimate of drug-likeness (QED) is 0.636. The maximum Gasteiger partial charge on any atom is 0.429 e. The zero-order valence-electron chi connectivity index (χ0n) is 5.94. The topological polar surface area (TPSA) is 29.5 Å². The molecule has 0 aromatic carbocycles. The number of hydrogen-bond donors (Lipinski definition) is 2. The highest BCUT2D eigenvalue weighted by atomic mass is 32.2. The van der Waals surface area contributed by atoms with E-state index < -0.39 is 6.09 Å². The van der Waals surface area contributed by atoms with Gasteiger partial charge < -0.3 is 4.74 Å². The normalized spacial score (nSPS) is 9.70. The van der Waals surface area contributed by atoms with Gasteiger partial charge in [-0.2, -0.15) is 3.71 Å². The SMILES string of the molecule is CC(C)COC(=O)N(S)S. The van der Waals surface area contributed by atoms with E-state index >= 15 is 0 Å². The molecule has 0 spiro atoms. The summed E-state index contributed by atoms with van der Waals surface area (Å²) in [6.07, 6.45) is -0.541. The van der Waals surface area contributed by atoms with Crippen molar-refractivity contribution in [1.82, 2.24) is 3.71 Å². The van der Waals surface area contributed by atoms with E-state index in [1.54, 1.807) is 0 Å². The molecule has 3 nitrogen and oxygen atoms in total. The summed E-state index contributed by atoms with van der Waals surface area (Å²) < 4.78 is 5.51. The van der Waals surface area contributed by atoms with E-state index in [1.165, 1.54) is 0 Å². The summed E-state index contributed by atoms with van der Waals surface area (Å²) >= 11 is 7.24. The van der Waals surface area contributed by atoms with Gasteiger partial charge in [0.2, 0.25) is 0 Å². The Morgan fingerprint density at radius 3 is 2.40 bits per heavy atom. The van der Waals surface area contributed by atoms with E-state index in [2.05, 4.69) is 25.6 Å². The van der Waals surface area contributed by atoms with E-state index in [9.17, 15) is 4.79 Å². The zero-order valence-corrected chi connectivity index (χ0v) is 7.73. The van der Waals surface area contributed by atoms with E-state index in [0.29, 0.717) is 12.5 Å². The highest BCUT2D eigenvalue weighted by Crippen LogP contribution is 2.02. The molecule has 5 heteroatoms. The van der Waals surface area contributed by atoms with Crippen LogP contribution in [0.15, 0.2) is 0 Å². The fourth-order valence-corrected chi connectivity index (χ4v) is 0.411. The van der Waals surface area contributed by atoms with Gasteiger partial charge in [-0.3, -0.25) is 0 Å². The van der Waals surface area contributed by atoms with Crippen LogP contribution in [0.2, 0.25) is 0 Å². The van der Waals surface area contributed by atoms with Crippen molar-refractivity contribution in [3.05, 3.63) is 0 Å². The number of hydrogen-bond acceptors (Lipinski definition) is 4. The first kappa shape index (κ1) is 9.97. The summed E-state index contributed by atoms with van der Waals surface area (Å²) in [5.74, 6) is 0.338. The minimum atomic E-state index is -0.541. The molecule has 0 bridgehead atoms. The van der Waals surface area contributed by atoms with Gasteiger partial charge in [-0.25, -0.2) is 4.79 Å². The van der Waals surface area contributed by atoms with E-state index in [4.69, 9.17) is 4.74 Å². The minimum Gasteiger partial charge on any atom is -0.448 e. The van der Waals surface area contributed by atoms with Crippen LogP contribution in [0.1, 0.15) is 13.8 Å². The Labute approximate surface area is 71.8 Å². The molecule has 0 fully saturated rings. The maximum atomic E-state index is 10.6. The van der Waals surface area contributed by atoms with E-state index in [-0.39, 0.29) is 0 Å². The molecule has 60 valence electrons. The van der Waals surface area contributed by atoms with Gasteiger partial charge in [0.05, 0.1) is 6.61 Å². The van der Waals surface area contributed by atoms with Crippen LogP contribution in [-0.4, -0.2) is 16.4 Å². The molecule has 0 saturated heterocycles. The molecular formula is C5H11NO2S2. The lowest BCUT2D eigenvalue weighted by Crippen LogP contribution is -2.16. The first-order valence-electron chi connectivity index (χ1n) is 2.88. The lowest BCUT2D eigenvalue weighted by Gasteiger charge is -2.09. The third-order valence-electron chi connectivity index (χ3n) is 0.703. The van der Waals surface area contributed by atoms with Crippen molar-refractivity contribution in [1.29, 1.82) is 0 Å². The number of ether oxygens (including phenoxy) is 1. The first-order chi connectivity index (χ1) is 4.54. The van der Waals surface area contributed by atoms with Gasteiger partial charge in [-0.15, -0.1) is 0 Å². The predicted octanol–water partition coefficient (Wildman–Crippen LogP) is 1.77. The number of rotatable bonds is 2. The molecule has 0 unspecified atom stereocenters. The summed E-state index contributed by atoms with van der Waals surface area (Å²) in [5.41, 5.74) is 0. The van der Waals surface area contributed by atoms with Crippen LogP contribution in [0.4, 0.5) is 4.79 Å². The number of amides is 1. The van der Waals surface area contributed by atoms with Crippen LogP contribution in [0.5, 0.6) is 0 Å². The lowest BCUT2D eigenvalue weighted by atomic mass is 10.2. The fourth-order valence-electron chi connectivity index (χ4n) is 0.296. The molecule has 10 heavy (non-hydrogen) atoms. The average Bonchev–Trinajstić information content (AvgIpc) is 1.82. The Hall–Kier alpha value is -0.0300.